The van der Waals surface area contributed by atoms with E-state index in [9.17, 15) is 0 Å². The van der Waals surface area contributed by atoms with Crippen LogP contribution >= 0.6 is 11.3 Å². The van der Waals surface area contributed by atoms with E-state index in [0.717, 1.165) is 23.6 Å². The molecular weight excluding hydrogens is 220 g/mol. The van der Waals surface area contributed by atoms with Crippen LogP contribution < -0.4 is 5.32 Å². The van der Waals surface area contributed by atoms with E-state index in [2.05, 4.69) is 20.3 Å². The first-order valence-electron chi connectivity index (χ1n) is 5.10. The van der Waals surface area contributed by atoms with Crippen LogP contribution in [0.4, 0.5) is 5.95 Å². The van der Waals surface area contributed by atoms with Crippen molar-refractivity contribution in [1.82, 2.24) is 15.0 Å². The van der Waals surface area contributed by atoms with Gasteiger partial charge in [0.1, 0.15) is 0 Å². The standard InChI is InChI=1S/C11H14N4S/c1-7-4-8(2)15-11(14-7)12-5-10-9(3)13-6-16-10/h4,6H,5H2,1-3H3,(H,12,14,15). The van der Waals surface area contributed by atoms with Crippen molar-refractivity contribution in [3.05, 3.63) is 33.5 Å². The molecule has 0 radical (unpaired) electrons. The lowest BCUT2D eigenvalue weighted by molar-refractivity contribution is 1.00. The topological polar surface area (TPSA) is 50.7 Å². The van der Waals surface area contributed by atoms with Gasteiger partial charge in [-0.25, -0.2) is 15.0 Å². The van der Waals surface area contributed by atoms with Gasteiger partial charge in [0.2, 0.25) is 5.95 Å². The van der Waals surface area contributed by atoms with Gasteiger partial charge in [0.25, 0.3) is 0 Å². The van der Waals surface area contributed by atoms with E-state index >= 15 is 0 Å². The Labute approximate surface area is 98.8 Å². The summed E-state index contributed by atoms with van der Waals surface area (Å²) in [6, 6.07) is 1.96. The van der Waals surface area contributed by atoms with Crippen molar-refractivity contribution in [1.29, 1.82) is 0 Å². The summed E-state index contributed by atoms with van der Waals surface area (Å²) >= 11 is 1.65. The zero-order valence-corrected chi connectivity index (χ0v) is 10.4. The van der Waals surface area contributed by atoms with Crippen molar-refractivity contribution in [2.75, 3.05) is 5.32 Å². The lowest BCUT2D eigenvalue weighted by Crippen LogP contribution is -2.05. The summed E-state index contributed by atoms with van der Waals surface area (Å²) in [5, 5.41) is 3.22. The molecule has 84 valence electrons. The highest BCUT2D eigenvalue weighted by atomic mass is 32.1. The first-order valence-corrected chi connectivity index (χ1v) is 5.98. The highest BCUT2D eigenvalue weighted by Gasteiger charge is 2.03. The van der Waals surface area contributed by atoms with Gasteiger partial charge in [0.05, 0.1) is 17.7 Å². The number of thiazole rings is 1. The molecule has 5 heteroatoms. The second-order valence-corrected chi connectivity index (χ2v) is 4.63. The Morgan fingerprint density at radius 1 is 1.19 bits per heavy atom. The van der Waals surface area contributed by atoms with Gasteiger partial charge in [-0.15, -0.1) is 11.3 Å². The number of anilines is 1. The molecule has 0 amide bonds. The third-order valence-electron chi connectivity index (χ3n) is 2.23. The summed E-state index contributed by atoms with van der Waals surface area (Å²) in [7, 11) is 0. The molecule has 0 aliphatic carbocycles. The van der Waals surface area contributed by atoms with Crippen LogP contribution in [0.25, 0.3) is 0 Å². The minimum absolute atomic E-state index is 0.685. The van der Waals surface area contributed by atoms with E-state index in [1.54, 1.807) is 11.3 Å². The van der Waals surface area contributed by atoms with Crippen molar-refractivity contribution < 1.29 is 0 Å². The highest BCUT2D eigenvalue weighted by Crippen LogP contribution is 2.13. The minimum Gasteiger partial charge on any atom is -0.349 e. The fraction of sp³-hybridized carbons (Fsp3) is 0.364. The normalized spacial score (nSPS) is 10.4. The first kappa shape index (κ1) is 11.0. The Morgan fingerprint density at radius 3 is 2.44 bits per heavy atom. The van der Waals surface area contributed by atoms with E-state index in [4.69, 9.17) is 0 Å². The lowest BCUT2D eigenvalue weighted by atomic mass is 10.3. The average Bonchev–Trinajstić information content (AvgIpc) is 2.59. The number of hydrogen-bond acceptors (Lipinski definition) is 5. The first-order chi connectivity index (χ1) is 7.65. The second kappa shape index (κ2) is 4.57. The smallest absolute Gasteiger partial charge is 0.223 e. The molecule has 1 N–H and O–H groups in total. The van der Waals surface area contributed by atoms with Gasteiger partial charge < -0.3 is 5.32 Å². The molecule has 0 fully saturated rings. The van der Waals surface area contributed by atoms with E-state index in [1.165, 1.54) is 4.88 Å². The van der Waals surface area contributed by atoms with E-state index in [-0.39, 0.29) is 0 Å². The zero-order chi connectivity index (χ0) is 11.5. The molecule has 2 heterocycles. The van der Waals surface area contributed by atoms with Crippen LogP contribution in [0.5, 0.6) is 0 Å². The van der Waals surface area contributed by atoms with Gasteiger partial charge in [0.15, 0.2) is 0 Å². The largest absolute Gasteiger partial charge is 0.349 e. The number of nitrogens with one attached hydrogen (secondary N) is 1. The molecule has 2 aromatic rings. The Morgan fingerprint density at radius 2 is 1.88 bits per heavy atom. The Hall–Kier alpha value is -1.49. The molecular formula is C11H14N4S. The number of rotatable bonds is 3. The molecule has 2 rings (SSSR count). The fourth-order valence-corrected chi connectivity index (χ4v) is 2.18. The molecule has 16 heavy (non-hydrogen) atoms. The summed E-state index contributed by atoms with van der Waals surface area (Å²) in [6.07, 6.45) is 0. The Bertz CT molecular complexity index is 472. The molecule has 0 atom stereocenters. The van der Waals surface area contributed by atoms with Crippen molar-refractivity contribution in [3.63, 3.8) is 0 Å². The fourth-order valence-electron chi connectivity index (χ4n) is 1.46. The average molecular weight is 234 g/mol. The molecule has 0 aliphatic rings. The van der Waals surface area contributed by atoms with Crippen LogP contribution in [0.15, 0.2) is 11.6 Å². The van der Waals surface area contributed by atoms with Crippen molar-refractivity contribution in [2.45, 2.75) is 27.3 Å². The third kappa shape index (κ3) is 2.55. The van der Waals surface area contributed by atoms with E-state index < -0.39 is 0 Å². The molecule has 0 aromatic carbocycles. The molecule has 4 nitrogen and oxygen atoms in total. The van der Waals surface area contributed by atoms with Crippen LogP contribution in [0.3, 0.4) is 0 Å². The predicted octanol–water partition coefficient (Wildman–Crippen LogP) is 2.47. The SMILES string of the molecule is Cc1cc(C)nc(NCc2scnc2C)n1. The van der Waals surface area contributed by atoms with Crippen molar-refractivity contribution in [3.8, 4) is 0 Å². The number of nitrogens with zero attached hydrogens (tertiary/aromatic N) is 3. The van der Waals surface area contributed by atoms with Crippen LogP contribution in [-0.4, -0.2) is 15.0 Å². The Kier molecular flexibility index (Phi) is 3.14. The van der Waals surface area contributed by atoms with Gasteiger partial charge in [0, 0.05) is 16.3 Å². The molecule has 0 saturated carbocycles. The zero-order valence-electron chi connectivity index (χ0n) is 9.61. The summed E-state index contributed by atoms with van der Waals surface area (Å²) in [4.78, 5) is 14.1. The highest BCUT2D eigenvalue weighted by molar-refractivity contribution is 7.09. The quantitative estimate of drug-likeness (QED) is 0.886. The molecule has 0 bridgehead atoms. The van der Waals surface area contributed by atoms with Gasteiger partial charge in [-0.1, -0.05) is 0 Å². The lowest BCUT2D eigenvalue weighted by Gasteiger charge is -2.05. The van der Waals surface area contributed by atoms with Crippen molar-refractivity contribution >= 4 is 17.3 Å². The van der Waals surface area contributed by atoms with Gasteiger partial charge >= 0.3 is 0 Å². The maximum atomic E-state index is 4.33. The van der Waals surface area contributed by atoms with Crippen LogP contribution in [0.1, 0.15) is 22.0 Å². The summed E-state index contributed by atoms with van der Waals surface area (Å²) < 4.78 is 0. The molecule has 0 saturated heterocycles. The molecule has 0 aliphatic heterocycles. The van der Waals surface area contributed by atoms with Gasteiger partial charge in [-0.2, -0.15) is 0 Å². The van der Waals surface area contributed by atoms with Crippen LogP contribution in [0, 0.1) is 20.8 Å². The maximum absolute atomic E-state index is 4.33. The molecule has 2 aromatic heterocycles. The van der Waals surface area contributed by atoms with E-state index in [1.807, 2.05) is 32.3 Å². The summed E-state index contributed by atoms with van der Waals surface area (Å²) in [6.45, 7) is 6.69. The van der Waals surface area contributed by atoms with Crippen LogP contribution in [-0.2, 0) is 6.54 Å². The number of aromatic nitrogens is 3. The summed E-state index contributed by atoms with van der Waals surface area (Å²) in [5.41, 5.74) is 4.89. The van der Waals surface area contributed by atoms with E-state index in [0.29, 0.717) is 5.95 Å². The minimum atomic E-state index is 0.685. The van der Waals surface area contributed by atoms with Crippen LogP contribution in [0.2, 0.25) is 0 Å². The molecule has 0 unspecified atom stereocenters. The van der Waals surface area contributed by atoms with Gasteiger partial charge in [-0.05, 0) is 26.8 Å². The van der Waals surface area contributed by atoms with Gasteiger partial charge in [-0.3, -0.25) is 0 Å². The van der Waals surface area contributed by atoms with Crippen molar-refractivity contribution in [2.24, 2.45) is 0 Å². The second-order valence-electron chi connectivity index (χ2n) is 3.69. The monoisotopic (exact) mass is 234 g/mol. The summed E-state index contributed by atoms with van der Waals surface area (Å²) in [5.74, 6) is 0.685. The number of hydrogen-bond donors (Lipinski definition) is 1. The predicted molar refractivity (Wildman–Crippen MR) is 65.7 cm³/mol. The molecule has 0 spiro atoms. The maximum Gasteiger partial charge on any atom is 0.223 e. The third-order valence-corrected chi connectivity index (χ3v) is 3.17. The number of aryl methyl sites for hydroxylation is 3. The Balaban J connectivity index is 2.07.